The van der Waals surface area contributed by atoms with Gasteiger partial charge in [0.1, 0.15) is 0 Å². The van der Waals surface area contributed by atoms with Crippen LogP contribution in [0.2, 0.25) is 0 Å². The molecule has 0 unspecified atom stereocenters. The van der Waals surface area contributed by atoms with Crippen LogP contribution in [0.4, 0.5) is 10.5 Å². The van der Waals surface area contributed by atoms with Gasteiger partial charge in [-0.3, -0.25) is 0 Å². The minimum atomic E-state index is -1.08. The van der Waals surface area contributed by atoms with Crippen LogP contribution in [0.15, 0.2) is 22.7 Å². The monoisotopic (exact) mass is 358 g/mol. The molecule has 1 rings (SSSR count). The Bertz CT molecular complexity index is 540. The number of nitrogens with zero attached hydrogens (tertiary/aromatic N) is 1. The number of anilines is 1. The second kappa shape index (κ2) is 6.91. The molecule has 21 heavy (non-hydrogen) atoms. The van der Waals surface area contributed by atoms with Crippen molar-refractivity contribution in [1.82, 2.24) is 4.90 Å². The summed E-state index contributed by atoms with van der Waals surface area (Å²) in [4.78, 5) is 24.6. The SMILES string of the molecule is CCN(CC(C)(C)O)C(=O)Nc1ccc(Br)c(C(=O)O)c1. The van der Waals surface area contributed by atoms with E-state index in [4.69, 9.17) is 5.11 Å². The fraction of sp³-hybridized carbons (Fsp3) is 0.429. The van der Waals surface area contributed by atoms with E-state index in [1.54, 1.807) is 32.9 Å². The van der Waals surface area contributed by atoms with Crippen LogP contribution >= 0.6 is 15.9 Å². The van der Waals surface area contributed by atoms with E-state index in [0.717, 1.165) is 0 Å². The zero-order chi connectivity index (χ0) is 16.2. The number of hydrogen-bond donors (Lipinski definition) is 3. The molecule has 1 aromatic rings. The predicted octanol–water partition coefficient (Wildman–Crippen LogP) is 2.77. The molecule has 6 nitrogen and oxygen atoms in total. The Labute approximate surface area is 131 Å². The van der Waals surface area contributed by atoms with Gasteiger partial charge >= 0.3 is 12.0 Å². The maximum Gasteiger partial charge on any atom is 0.336 e. The molecule has 1 aromatic carbocycles. The molecule has 3 N–H and O–H groups in total. The van der Waals surface area contributed by atoms with Gasteiger partial charge in [0.25, 0.3) is 0 Å². The molecule has 7 heteroatoms. The van der Waals surface area contributed by atoms with E-state index in [1.165, 1.54) is 11.0 Å². The van der Waals surface area contributed by atoms with Crippen LogP contribution in [0.25, 0.3) is 0 Å². The van der Waals surface area contributed by atoms with Crippen molar-refractivity contribution in [2.24, 2.45) is 0 Å². The zero-order valence-corrected chi connectivity index (χ0v) is 13.8. The first kappa shape index (κ1) is 17.5. The van der Waals surface area contributed by atoms with Crippen LogP contribution in [0.3, 0.4) is 0 Å². The van der Waals surface area contributed by atoms with Crippen molar-refractivity contribution >= 4 is 33.6 Å². The van der Waals surface area contributed by atoms with E-state index in [2.05, 4.69) is 21.2 Å². The maximum absolute atomic E-state index is 12.1. The molecule has 116 valence electrons. The van der Waals surface area contributed by atoms with Crippen molar-refractivity contribution in [3.05, 3.63) is 28.2 Å². The van der Waals surface area contributed by atoms with Crippen LogP contribution in [0.5, 0.6) is 0 Å². The predicted molar refractivity (Wildman–Crippen MR) is 83.7 cm³/mol. The summed E-state index contributed by atoms with van der Waals surface area (Å²) in [6.45, 7) is 5.64. The van der Waals surface area contributed by atoms with Gasteiger partial charge in [0.05, 0.1) is 17.7 Å². The molecule has 0 aromatic heterocycles. The molecule has 0 aliphatic carbocycles. The van der Waals surface area contributed by atoms with Gasteiger partial charge in [-0.05, 0) is 54.9 Å². The summed E-state index contributed by atoms with van der Waals surface area (Å²) in [6.07, 6.45) is 0. The van der Waals surface area contributed by atoms with Gasteiger partial charge in [0.15, 0.2) is 0 Å². The Balaban J connectivity index is 2.87. The number of likely N-dealkylation sites (N-methyl/N-ethyl adjacent to an activating group) is 1. The van der Waals surface area contributed by atoms with E-state index in [-0.39, 0.29) is 12.1 Å². The third-order valence-electron chi connectivity index (χ3n) is 2.69. The lowest BCUT2D eigenvalue weighted by Gasteiger charge is -2.28. The molecular formula is C14H19BrN2O4. The van der Waals surface area contributed by atoms with Crippen molar-refractivity contribution in [3.8, 4) is 0 Å². The maximum atomic E-state index is 12.1. The summed E-state index contributed by atoms with van der Waals surface area (Å²) in [6, 6.07) is 4.15. The summed E-state index contributed by atoms with van der Waals surface area (Å²) < 4.78 is 0.442. The Morgan fingerprint density at radius 3 is 2.48 bits per heavy atom. The number of carboxylic acids is 1. The first-order chi connectivity index (χ1) is 9.64. The smallest absolute Gasteiger partial charge is 0.336 e. The lowest BCUT2D eigenvalue weighted by Crippen LogP contribution is -2.44. The fourth-order valence-electron chi connectivity index (χ4n) is 1.76. The Morgan fingerprint density at radius 1 is 1.38 bits per heavy atom. The summed E-state index contributed by atoms with van der Waals surface area (Å²) >= 11 is 3.14. The average Bonchev–Trinajstić information content (AvgIpc) is 2.36. The lowest BCUT2D eigenvalue weighted by molar-refractivity contribution is 0.0501. The van der Waals surface area contributed by atoms with Gasteiger partial charge in [-0.25, -0.2) is 9.59 Å². The quantitative estimate of drug-likeness (QED) is 0.754. The number of carboxylic acid groups (broad SMARTS) is 1. The van der Waals surface area contributed by atoms with Gasteiger partial charge < -0.3 is 20.4 Å². The minimum Gasteiger partial charge on any atom is -0.478 e. The first-order valence-electron chi connectivity index (χ1n) is 6.45. The molecule has 0 atom stereocenters. The van der Waals surface area contributed by atoms with Gasteiger partial charge in [-0.1, -0.05) is 0 Å². The normalized spacial score (nSPS) is 11.1. The Morgan fingerprint density at radius 2 is 2.00 bits per heavy atom. The number of amides is 2. The van der Waals surface area contributed by atoms with Crippen molar-refractivity contribution in [2.45, 2.75) is 26.4 Å². The van der Waals surface area contributed by atoms with E-state index < -0.39 is 17.6 Å². The molecule has 0 heterocycles. The summed E-state index contributed by atoms with van der Waals surface area (Å²) in [7, 11) is 0. The number of hydrogen-bond acceptors (Lipinski definition) is 3. The minimum absolute atomic E-state index is 0.0679. The molecular weight excluding hydrogens is 340 g/mol. The topological polar surface area (TPSA) is 89.9 Å². The second-order valence-electron chi connectivity index (χ2n) is 5.26. The molecule has 0 aliphatic heterocycles. The molecule has 0 spiro atoms. The first-order valence-corrected chi connectivity index (χ1v) is 7.24. The molecule has 2 amide bonds. The largest absolute Gasteiger partial charge is 0.478 e. The summed E-state index contributed by atoms with van der Waals surface area (Å²) in [5.74, 6) is -1.08. The van der Waals surface area contributed by atoms with Crippen molar-refractivity contribution in [1.29, 1.82) is 0 Å². The molecule has 0 aliphatic rings. The molecule has 0 fully saturated rings. The second-order valence-corrected chi connectivity index (χ2v) is 6.11. The highest BCUT2D eigenvalue weighted by atomic mass is 79.9. The number of urea groups is 1. The van der Waals surface area contributed by atoms with Crippen molar-refractivity contribution < 1.29 is 19.8 Å². The Kier molecular flexibility index (Phi) is 5.74. The fourth-order valence-corrected chi connectivity index (χ4v) is 2.18. The van der Waals surface area contributed by atoms with Gasteiger partial charge in [-0.2, -0.15) is 0 Å². The standard InChI is InChI=1S/C14H19BrN2O4/c1-4-17(8-14(2,3)21)13(20)16-9-5-6-11(15)10(7-9)12(18)19/h5-7,21H,4,8H2,1-3H3,(H,16,20)(H,18,19). The van der Waals surface area contributed by atoms with Gasteiger partial charge in [0.2, 0.25) is 0 Å². The van der Waals surface area contributed by atoms with Crippen molar-refractivity contribution in [3.63, 3.8) is 0 Å². The molecule has 0 radical (unpaired) electrons. The highest BCUT2D eigenvalue weighted by Crippen LogP contribution is 2.21. The van der Waals surface area contributed by atoms with Crippen LogP contribution in [0, 0.1) is 0 Å². The highest BCUT2D eigenvalue weighted by molar-refractivity contribution is 9.10. The number of nitrogens with one attached hydrogen (secondary N) is 1. The number of carbonyl (C=O) groups excluding carboxylic acids is 1. The molecule has 0 bridgehead atoms. The molecule has 0 saturated carbocycles. The number of halogens is 1. The number of rotatable bonds is 5. The summed E-state index contributed by atoms with van der Waals surface area (Å²) in [5.41, 5.74) is -0.549. The molecule has 0 saturated heterocycles. The van der Waals surface area contributed by atoms with Crippen LogP contribution < -0.4 is 5.32 Å². The van der Waals surface area contributed by atoms with E-state index in [9.17, 15) is 14.7 Å². The number of aromatic carboxylic acids is 1. The third kappa shape index (κ3) is 5.35. The third-order valence-corrected chi connectivity index (χ3v) is 3.39. The van der Waals surface area contributed by atoms with Crippen molar-refractivity contribution in [2.75, 3.05) is 18.4 Å². The number of carbonyl (C=O) groups is 2. The number of aliphatic hydroxyl groups is 1. The van der Waals surface area contributed by atoms with E-state index in [0.29, 0.717) is 16.7 Å². The Hall–Kier alpha value is -1.60. The average molecular weight is 359 g/mol. The lowest BCUT2D eigenvalue weighted by atomic mass is 10.1. The number of benzene rings is 1. The highest BCUT2D eigenvalue weighted by Gasteiger charge is 2.21. The zero-order valence-electron chi connectivity index (χ0n) is 12.2. The van der Waals surface area contributed by atoms with Gasteiger partial charge in [-0.15, -0.1) is 0 Å². The van der Waals surface area contributed by atoms with Crippen LogP contribution in [-0.4, -0.2) is 45.8 Å². The van der Waals surface area contributed by atoms with Gasteiger partial charge in [0, 0.05) is 16.7 Å². The van der Waals surface area contributed by atoms with E-state index in [1.807, 2.05) is 0 Å². The van der Waals surface area contributed by atoms with Crippen LogP contribution in [-0.2, 0) is 0 Å². The van der Waals surface area contributed by atoms with E-state index >= 15 is 0 Å². The summed E-state index contributed by atoms with van der Waals surface area (Å²) in [5, 5.41) is 21.5. The van der Waals surface area contributed by atoms with Crippen LogP contribution in [0.1, 0.15) is 31.1 Å².